The molecule has 0 atom stereocenters. The van der Waals surface area contributed by atoms with Gasteiger partial charge in [-0.25, -0.2) is 5.43 Å². The standard InChI is InChI=1S/C26H28N2O8/c1-31-20-10-16(11-21(32-2)24(20)29)14-27-28-26(30)18-6-8-19(9-7-18)36-15-17-12-22(33-3)25(35-5)23(13-17)34-4/h6-14,29H,15H2,1-5H3,(H,28,30)/b27-14+. The summed E-state index contributed by atoms with van der Waals surface area (Å²) in [5.41, 5.74) is 4.24. The predicted molar refractivity (Wildman–Crippen MR) is 133 cm³/mol. The zero-order chi connectivity index (χ0) is 26.1. The molecule has 0 aliphatic rings. The summed E-state index contributed by atoms with van der Waals surface area (Å²) in [6.07, 6.45) is 1.41. The van der Waals surface area contributed by atoms with Crippen molar-refractivity contribution in [3.63, 3.8) is 0 Å². The molecule has 1 amide bonds. The van der Waals surface area contributed by atoms with Crippen molar-refractivity contribution in [3.8, 4) is 40.2 Å². The van der Waals surface area contributed by atoms with Crippen LogP contribution in [0.25, 0.3) is 0 Å². The molecule has 3 aromatic carbocycles. The van der Waals surface area contributed by atoms with E-state index in [2.05, 4.69) is 10.5 Å². The molecule has 0 spiro atoms. The topological polar surface area (TPSA) is 117 Å². The number of phenolic OH excluding ortho intramolecular Hbond substituents is 1. The van der Waals surface area contributed by atoms with E-state index < -0.39 is 5.91 Å². The summed E-state index contributed by atoms with van der Waals surface area (Å²) in [6.45, 7) is 0.256. The summed E-state index contributed by atoms with van der Waals surface area (Å²) >= 11 is 0. The number of ether oxygens (including phenoxy) is 6. The fraction of sp³-hybridized carbons (Fsp3) is 0.231. The molecule has 36 heavy (non-hydrogen) atoms. The van der Waals surface area contributed by atoms with Crippen LogP contribution in [-0.2, 0) is 6.61 Å². The molecule has 2 N–H and O–H groups in total. The second-order valence-electron chi connectivity index (χ2n) is 7.32. The molecule has 0 radical (unpaired) electrons. The first kappa shape index (κ1) is 26.0. The van der Waals surface area contributed by atoms with E-state index in [4.69, 9.17) is 28.4 Å². The van der Waals surface area contributed by atoms with Gasteiger partial charge < -0.3 is 33.5 Å². The highest BCUT2D eigenvalue weighted by atomic mass is 16.5. The van der Waals surface area contributed by atoms with E-state index in [0.29, 0.717) is 34.1 Å². The lowest BCUT2D eigenvalue weighted by atomic mass is 10.2. The van der Waals surface area contributed by atoms with Crippen LogP contribution in [0.1, 0.15) is 21.5 Å². The van der Waals surface area contributed by atoms with Crippen LogP contribution in [0, 0.1) is 0 Å². The van der Waals surface area contributed by atoms with Gasteiger partial charge in [-0.2, -0.15) is 5.10 Å². The Balaban J connectivity index is 1.61. The first-order valence-electron chi connectivity index (χ1n) is 10.7. The number of rotatable bonds is 11. The minimum Gasteiger partial charge on any atom is -0.502 e. The average Bonchev–Trinajstić information content (AvgIpc) is 2.91. The van der Waals surface area contributed by atoms with Crippen LogP contribution in [0.15, 0.2) is 53.6 Å². The van der Waals surface area contributed by atoms with E-state index in [9.17, 15) is 9.90 Å². The lowest BCUT2D eigenvalue weighted by molar-refractivity contribution is 0.0955. The van der Waals surface area contributed by atoms with Crippen LogP contribution in [0.2, 0.25) is 0 Å². The Morgan fingerprint density at radius 3 is 1.89 bits per heavy atom. The number of nitrogens with one attached hydrogen (secondary N) is 1. The third-order valence-electron chi connectivity index (χ3n) is 5.13. The Morgan fingerprint density at radius 2 is 1.39 bits per heavy atom. The summed E-state index contributed by atoms with van der Waals surface area (Å²) < 4.78 is 32.1. The third-order valence-corrected chi connectivity index (χ3v) is 5.13. The molecule has 3 aromatic rings. The first-order valence-corrected chi connectivity index (χ1v) is 10.7. The van der Waals surface area contributed by atoms with Gasteiger partial charge in [-0.05, 0) is 54.1 Å². The number of hydrazone groups is 1. The number of carbonyl (C=O) groups excluding carboxylic acids is 1. The summed E-state index contributed by atoms with van der Waals surface area (Å²) in [4.78, 5) is 12.4. The summed E-state index contributed by atoms with van der Waals surface area (Å²) in [5, 5.41) is 13.9. The maximum Gasteiger partial charge on any atom is 0.271 e. The number of hydrogen-bond donors (Lipinski definition) is 2. The lowest BCUT2D eigenvalue weighted by Gasteiger charge is -2.14. The molecule has 0 aliphatic heterocycles. The molecule has 10 nitrogen and oxygen atoms in total. The van der Waals surface area contributed by atoms with Gasteiger partial charge in [0.25, 0.3) is 5.91 Å². The highest BCUT2D eigenvalue weighted by Crippen LogP contribution is 2.38. The Morgan fingerprint density at radius 1 is 0.833 bits per heavy atom. The van der Waals surface area contributed by atoms with Crippen molar-refractivity contribution in [1.82, 2.24) is 5.43 Å². The molecule has 10 heteroatoms. The van der Waals surface area contributed by atoms with Crippen LogP contribution < -0.4 is 33.8 Å². The molecule has 0 unspecified atom stereocenters. The van der Waals surface area contributed by atoms with Crippen LogP contribution in [0.3, 0.4) is 0 Å². The van der Waals surface area contributed by atoms with Gasteiger partial charge in [-0.1, -0.05) is 0 Å². The maximum absolute atomic E-state index is 12.4. The fourth-order valence-corrected chi connectivity index (χ4v) is 3.31. The van der Waals surface area contributed by atoms with Gasteiger partial charge in [0, 0.05) is 11.1 Å². The molecule has 0 aromatic heterocycles. The molecule has 0 bridgehead atoms. The van der Waals surface area contributed by atoms with Crippen molar-refractivity contribution in [3.05, 3.63) is 65.2 Å². The molecule has 3 rings (SSSR count). The Hall–Kier alpha value is -4.60. The third kappa shape index (κ3) is 6.09. The number of phenols is 1. The highest BCUT2D eigenvalue weighted by Gasteiger charge is 2.14. The average molecular weight is 497 g/mol. The van der Waals surface area contributed by atoms with Crippen molar-refractivity contribution in [2.45, 2.75) is 6.61 Å². The number of aromatic hydroxyl groups is 1. The Bertz CT molecular complexity index is 1180. The van der Waals surface area contributed by atoms with Crippen LogP contribution in [-0.4, -0.2) is 52.8 Å². The SMILES string of the molecule is COc1cc(/C=N/NC(=O)c2ccc(OCc3cc(OC)c(OC)c(OC)c3)cc2)cc(OC)c1O. The van der Waals surface area contributed by atoms with Crippen molar-refractivity contribution in [2.75, 3.05) is 35.5 Å². The molecule has 0 saturated heterocycles. The number of benzene rings is 3. The normalized spacial score (nSPS) is 10.6. The second kappa shape index (κ2) is 12.2. The smallest absolute Gasteiger partial charge is 0.271 e. The number of hydrogen-bond acceptors (Lipinski definition) is 9. The van der Waals surface area contributed by atoms with Gasteiger partial charge in [0.1, 0.15) is 12.4 Å². The molecule has 0 aliphatic carbocycles. The van der Waals surface area contributed by atoms with Gasteiger partial charge in [0.2, 0.25) is 11.5 Å². The van der Waals surface area contributed by atoms with Crippen molar-refractivity contribution in [2.24, 2.45) is 5.10 Å². The minimum absolute atomic E-state index is 0.117. The van der Waals surface area contributed by atoms with Gasteiger partial charge in [-0.15, -0.1) is 0 Å². The molecule has 0 fully saturated rings. The molecule has 0 heterocycles. The quantitative estimate of drug-likeness (QED) is 0.304. The molecule has 0 saturated carbocycles. The van der Waals surface area contributed by atoms with Gasteiger partial charge in [-0.3, -0.25) is 4.79 Å². The van der Waals surface area contributed by atoms with Gasteiger partial charge in [0.15, 0.2) is 23.0 Å². The number of nitrogens with zero attached hydrogens (tertiary/aromatic N) is 1. The van der Waals surface area contributed by atoms with Crippen molar-refractivity contribution in [1.29, 1.82) is 0 Å². The zero-order valence-corrected chi connectivity index (χ0v) is 20.7. The van der Waals surface area contributed by atoms with Crippen LogP contribution in [0.4, 0.5) is 0 Å². The number of amides is 1. The van der Waals surface area contributed by atoms with Gasteiger partial charge in [0.05, 0.1) is 41.8 Å². The summed E-state index contributed by atoms with van der Waals surface area (Å²) in [7, 11) is 7.49. The molecular weight excluding hydrogens is 468 g/mol. The van der Waals surface area contributed by atoms with E-state index >= 15 is 0 Å². The zero-order valence-electron chi connectivity index (χ0n) is 20.7. The Labute approximate surface area is 209 Å². The number of carbonyl (C=O) groups is 1. The van der Waals surface area contributed by atoms with E-state index in [1.54, 1.807) is 69.9 Å². The first-order chi connectivity index (χ1) is 17.4. The monoisotopic (exact) mass is 496 g/mol. The van der Waals surface area contributed by atoms with Crippen molar-refractivity contribution >= 4 is 12.1 Å². The molecular formula is C26H28N2O8. The van der Waals surface area contributed by atoms with Gasteiger partial charge >= 0.3 is 0 Å². The lowest BCUT2D eigenvalue weighted by Crippen LogP contribution is -2.17. The predicted octanol–water partition coefficient (Wildman–Crippen LogP) is 3.78. The van der Waals surface area contributed by atoms with E-state index in [0.717, 1.165) is 5.56 Å². The van der Waals surface area contributed by atoms with Crippen LogP contribution >= 0.6 is 0 Å². The summed E-state index contributed by atoms with van der Waals surface area (Å²) in [5.74, 6) is 2.08. The Kier molecular flexibility index (Phi) is 8.82. The van der Waals surface area contributed by atoms with E-state index in [1.165, 1.54) is 20.4 Å². The minimum atomic E-state index is -0.403. The van der Waals surface area contributed by atoms with Crippen LogP contribution in [0.5, 0.6) is 40.2 Å². The highest BCUT2D eigenvalue weighted by molar-refractivity contribution is 5.95. The van der Waals surface area contributed by atoms with E-state index in [-0.39, 0.29) is 23.9 Å². The fourth-order valence-electron chi connectivity index (χ4n) is 3.31. The second-order valence-corrected chi connectivity index (χ2v) is 7.32. The number of methoxy groups -OCH3 is 5. The summed E-state index contributed by atoms with van der Waals surface area (Å²) in [6, 6.07) is 13.4. The maximum atomic E-state index is 12.4. The van der Waals surface area contributed by atoms with E-state index in [1.807, 2.05) is 0 Å². The largest absolute Gasteiger partial charge is 0.502 e. The van der Waals surface area contributed by atoms with Crippen molar-refractivity contribution < 1.29 is 38.3 Å². The molecule has 190 valence electrons.